The third-order valence-electron chi connectivity index (χ3n) is 2.94. The third kappa shape index (κ3) is 4.98. The van der Waals surface area contributed by atoms with Crippen LogP contribution in [0.3, 0.4) is 0 Å². The third-order valence-corrected chi connectivity index (χ3v) is 2.94. The van der Waals surface area contributed by atoms with Gasteiger partial charge in [0.15, 0.2) is 0 Å². The van der Waals surface area contributed by atoms with Crippen molar-refractivity contribution >= 4 is 5.95 Å². The molecule has 0 saturated heterocycles. The van der Waals surface area contributed by atoms with Crippen molar-refractivity contribution in [3.05, 3.63) is 18.0 Å². The topological polar surface area (TPSA) is 58.3 Å². The summed E-state index contributed by atoms with van der Waals surface area (Å²) in [6.45, 7) is 4.00. The number of likely N-dealkylation sites (N-methyl/N-ethyl adjacent to an activating group) is 2. The highest BCUT2D eigenvalue weighted by atomic mass is 15.2. The van der Waals surface area contributed by atoms with E-state index in [4.69, 9.17) is 5.73 Å². The van der Waals surface area contributed by atoms with Crippen molar-refractivity contribution in [2.45, 2.75) is 25.8 Å². The van der Waals surface area contributed by atoms with E-state index in [0.29, 0.717) is 0 Å². The van der Waals surface area contributed by atoms with Crippen LogP contribution >= 0.6 is 0 Å². The van der Waals surface area contributed by atoms with Gasteiger partial charge in [0.2, 0.25) is 5.95 Å². The van der Waals surface area contributed by atoms with Crippen LogP contribution in [-0.2, 0) is 6.42 Å². The first-order valence-corrected chi connectivity index (χ1v) is 6.45. The van der Waals surface area contributed by atoms with Crippen LogP contribution in [0.15, 0.2) is 12.4 Å². The molecule has 102 valence electrons. The molecule has 0 saturated carbocycles. The van der Waals surface area contributed by atoms with Crippen LogP contribution in [0, 0.1) is 0 Å². The summed E-state index contributed by atoms with van der Waals surface area (Å²) in [4.78, 5) is 13.0. The molecule has 1 unspecified atom stereocenters. The first-order valence-electron chi connectivity index (χ1n) is 6.45. The van der Waals surface area contributed by atoms with E-state index in [1.807, 2.05) is 19.4 Å². The fourth-order valence-corrected chi connectivity index (χ4v) is 1.55. The minimum Gasteiger partial charge on any atom is -0.343 e. The zero-order valence-corrected chi connectivity index (χ0v) is 11.9. The molecule has 1 aromatic heterocycles. The van der Waals surface area contributed by atoms with E-state index in [1.165, 1.54) is 0 Å². The number of nitrogens with zero attached hydrogens (tertiary/aromatic N) is 4. The van der Waals surface area contributed by atoms with Gasteiger partial charge in [0, 0.05) is 38.6 Å². The molecule has 18 heavy (non-hydrogen) atoms. The van der Waals surface area contributed by atoms with Gasteiger partial charge < -0.3 is 15.5 Å². The van der Waals surface area contributed by atoms with E-state index in [1.54, 1.807) is 0 Å². The lowest BCUT2D eigenvalue weighted by Gasteiger charge is -2.19. The molecule has 5 heteroatoms. The summed E-state index contributed by atoms with van der Waals surface area (Å²) in [5.74, 6) is 0.769. The van der Waals surface area contributed by atoms with Crippen LogP contribution < -0.4 is 10.6 Å². The molecule has 1 aromatic rings. The summed E-state index contributed by atoms with van der Waals surface area (Å²) < 4.78 is 0. The van der Waals surface area contributed by atoms with Gasteiger partial charge in [-0.2, -0.15) is 0 Å². The molecule has 0 aliphatic rings. The van der Waals surface area contributed by atoms with E-state index >= 15 is 0 Å². The van der Waals surface area contributed by atoms with E-state index in [2.05, 4.69) is 40.8 Å². The second-order valence-corrected chi connectivity index (χ2v) is 4.99. The summed E-state index contributed by atoms with van der Waals surface area (Å²) in [6.07, 6.45) is 5.58. The van der Waals surface area contributed by atoms with Gasteiger partial charge in [-0.05, 0) is 32.5 Å². The number of rotatable bonds is 7. The van der Waals surface area contributed by atoms with Crippen molar-refractivity contribution in [2.75, 3.05) is 39.1 Å². The van der Waals surface area contributed by atoms with Crippen LogP contribution in [0.2, 0.25) is 0 Å². The number of hydrogen-bond acceptors (Lipinski definition) is 5. The van der Waals surface area contributed by atoms with Gasteiger partial charge in [0.25, 0.3) is 0 Å². The Morgan fingerprint density at radius 2 is 1.78 bits per heavy atom. The van der Waals surface area contributed by atoms with Gasteiger partial charge in [-0.15, -0.1) is 0 Å². The highest BCUT2D eigenvalue weighted by molar-refractivity contribution is 5.28. The van der Waals surface area contributed by atoms with Crippen molar-refractivity contribution in [2.24, 2.45) is 5.73 Å². The van der Waals surface area contributed by atoms with Gasteiger partial charge >= 0.3 is 0 Å². The molecular formula is C13H25N5. The van der Waals surface area contributed by atoms with Crippen molar-refractivity contribution in [1.29, 1.82) is 0 Å². The molecule has 1 atom stereocenters. The predicted molar refractivity (Wildman–Crippen MR) is 75.8 cm³/mol. The zero-order valence-electron chi connectivity index (χ0n) is 11.9. The molecule has 0 aliphatic heterocycles. The fourth-order valence-electron chi connectivity index (χ4n) is 1.55. The smallest absolute Gasteiger partial charge is 0.225 e. The van der Waals surface area contributed by atoms with Gasteiger partial charge in [-0.1, -0.05) is 6.92 Å². The minimum absolute atomic E-state index is 0.200. The maximum atomic E-state index is 5.91. The molecule has 0 fully saturated rings. The highest BCUT2D eigenvalue weighted by Crippen LogP contribution is 2.07. The lowest BCUT2D eigenvalue weighted by molar-refractivity contribution is 0.415. The molecule has 5 nitrogen and oxygen atoms in total. The Hall–Kier alpha value is -1.20. The molecule has 2 N–H and O–H groups in total. The van der Waals surface area contributed by atoms with Gasteiger partial charge in [-0.3, -0.25) is 0 Å². The van der Waals surface area contributed by atoms with Crippen molar-refractivity contribution in [1.82, 2.24) is 14.9 Å². The monoisotopic (exact) mass is 251 g/mol. The second-order valence-electron chi connectivity index (χ2n) is 4.99. The van der Waals surface area contributed by atoms with Crippen LogP contribution in [0.1, 0.15) is 18.9 Å². The number of nitrogens with two attached hydrogens (primary N) is 1. The van der Waals surface area contributed by atoms with Gasteiger partial charge in [0.05, 0.1) is 0 Å². The van der Waals surface area contributed by atoms with Gasteiger partial charge in [0.1, 0.15) is 0 Å². The lowest BCUT2D eigenvalue weighted by Crippen LogP contribution is -2.29. The second kappa shape index (κ2) is 7.28. The Morgan fingerprint density at radius 3 is 2.28 bits per heavy atom. The molecule has 1 heterocycles. The SMILES string of the molecule is CCC(N)Cc1cnc(N(C)CCN(C)C)nc1. The number of anilines is 1. The molecule has 0 bridgehead atoms. The Morgan fingerprint density at radius 1 is 1.17 bits per heavy atom. The van der Waals surface area contributed by atoms with E-state index in [0.717, 1.165) is 37.4 Å². The first kappa shape index (κ1) is 14.9. The van der Waals surface area contributed by atoms with Gasteiger partial charge in [-0.25, -0.2) is 9.97 Å². The molecule has 0 amide bonds. The zero-order chi connectivity index (χ0) is 13.5. The molecule has 0 aliphatic carbocycles. The quantitative estimate of drug-likeness (QED) is 0.775. The maximum Gasteiger partial charge on any atom is 0.225 e. The average molecular weight is 251 g/mol. The molecule has 0 aromatic carbocycles. The Labute approximate surface area is 110 Å². The molecule has 0 spiro atoms. The molecular weight excluding hydrogens is 226 g/mol. The fraction of sp³-hybridized carbons (Fsp3) is 0.692. The maximum absolute atomic E-state index is 5.91. The standard InChI is InChI=1S/C13H25N5/c1-5-12(14)8-11-9-15-13(16-10-11)18(4)7-6-17(2)3/h9-10,12H,5-8,14H2,1-4H3. The van der Waals surface area contributed by atoms with Crippen LogP contribution in [0.4, 0.5) is 5.95 Å². The summed E-state index contributed by atoms with van der Waals surface area (Å²) in [6, 6.07) is 0.200. The van der Waals surface area contributed by atoms with Crippen LogP contribution in [0.5, 0.6) is 0 Å². The molecule has 1 rings (SSSR count). The van der Waals surface area contributed by atoms with E-state index in [9.17, 15) is 0 Å². The summed E-state index contributed by atoms with van der Waals surface area (Å²) in [7, 11) is 6.13. The summed E-state index contributed by atoms with van der Waals surface area (Å²) in [5, 5.41) is 0. The normalized spacial score (nSPS) is 12.8. The van der Waals surface area contributed by atoms with Crippen molar-refractivity contribution in [3.63, 3.8) is 0 Å². The summed E-state index contributed by atoms with van der Waals surface area (Å²) >= 11 is 0. The van der Waals surface area contributed by atoms with E-state index < -0.39 is 0 Å². The highest BCUT2D eigenvalue weighted by Gasteiger charge is 2.06. The summed E-state index contributed by atoms with van der Waals surface area (Å²) in [5.41, 5.74) is 7.02. The van der Waals surface area contributed by atoms with Crippen molar-refractivity contribution < 1.29 is 0 Å². The van der Waals surface area contributed by atoms with E-state index in [-0.39, 0.29) is 6.04 Å². The average Bonchev–Trinajstić information content (AvgIpc) is 2.36. The van der Waals surface area contributed by atoms with Crippen molar-refractivity contribution in [3.8, 4) is 0 Å². The lowest BCUT2D eigenvalue weighted by atomic mass is 10.1. The Kier molecular flexibility index (Phi) is 6.01. The first-order chi connectivity index (χ1) is 8.52. The Balaban J connectivity index is 2.53. The minimum atomic E-state index is 0.200. The van der Waals surface area contributed by atoms with Crippen LogP contribution in [0.25, 0.3) is 0 Å². The predicted octanol–water partition coefficient (Wildman–Crippen LogP) is 0.754. The number of aromatic nitrogens is 2. The van der Waals surface area contributed by atoms with Crippen LogP contribution in [-0.4, -0.2) is 55.1 Å². The number of hydrogen-bond donors (Lipinski definition) is 1. The Bertz CT molecular complexity index is 336. The molecule has 0 radical (unpaired) electrons. The largest absolute Gasteiger partial charge is 0.343 e.